The molecule has 0 unspecified atom stereocenters. The van der Waals surface area contributed by atoms with E-state index < -0.39 is 11.6 Å². The Hall–Kier alpha value is -3.60. The highest BCUT2D eigenvalue weighted by atomic mass is 19.2. The Morgan fingerprint density at radius 2 is 1.63 bits per heavy atom. The molecule has 1 aromatic heterocycles. The van der Waals surface area contributed by atoms with Crippen LogP contribution in [0.15, 0.2) is 72.9 Å². The van der Waals surface area contributed by atoms with Crippen molar-refractivity contribution in [2.45, 2.75) is 13.5 Å². The van der Waals surface area contributed by atoms with Crippen molar-refractivity contribution >= 4 is 0 Å². The SMILES string of the molecule is COc1cc(OCc2ccc(C)cc2)ccc1-c1c[nH]c(-c2ccc(F)c(F)c2)c1. The number of methoxy groups -OCH3 is 1. The summed E-state index contributed by atoms with van der Waals surface area (Å²) in [4.78, 5) is 3.11. The summed E-state index contributed by atoms with van der Waals surface area (Å²) < 4.78 is 38.2. The fourth-order valence-electron chi connectivity index (χ4n) is 3.23. The monoisotopic (exact) mass is 405 g/mol. The highest BCUT2D eigenvalue weighted by molar-refractivity contribution is 5.76. The number of aryl methyl sites for hydroxylation is 1. The van der Waals surface area contributed by atoms with Gasteiger partial charge in [0.15, 0.2) is 11.6 Å². The standard InChI is InChI=1S/C25H21F2NO2/c1-16-3-5-17(6-4-16)15-30-20-8-9-21(25(13-20)29-2)19-12-24(28-14-19)18-7-10-22(26)23(27)11-18/h3-14,28H,15H2,1-2H3. The van der Waals surface area contributed by atoms with Crippen LogP contribution in [0.5, 0.6) is 11.5 Å². The van der Waals surface area contributed by atoms with Crippen LogP contribution < -0.4 is 9.47 Å². The molecule has 0 bridgehead atoms. The van der Waals surface area contributed by atoms with Gasteiger partial charge in [-0.25, -0.2) is 8.78 Å². The molecule has 3 nitrogen and oxygen atoms in total. The first-order valence-electron chi connectivity index (χ1n) is 9.54. The molecule has 4 aromatic rings. The number of H-pyrrole nitrogens is 1. The fraction of sp³-hybridized carbons (Fsp3) is 0.120. The Labute approximate surface area is 173 Å². The molecule has 0 radical (unpaired) electrons. The molecule has 0 saturated heterocycles. The number of aromatic nitrogens is 1. The molecule has 0 fully saturated rings. The zero-order valence-electron chi connectivity index (χ0n) is 16.7. The zero-order chi connectivity index (χ0) is 21.1. The molecule has 1 heterocycles. The van der Waals surface area contributed by atoms with Gasteiger partial charge in [-0.2, -0.15) is 0 Å². The van der Waals surface area contributed by atoms with E-state index in [4.69, 9.17) is 9.47 Å². The molecule has 0 spiro atoms. The van der Waals surface area contributed by atoms with Crippen LogP contribution in [0.4, 0.5) is 8.78 Å². The van der Waals surface area contributed by atoms with Crippen LogP contribution in [-0.4, -0.2) is 12.1 Å². The maximum absolute atomic E-state index is 13.5. The van der Waals surface area contributed by atoms with E-state index in [0.717, 1.165) is 22.8 Å². The lowest BCUT2D eigenvalue weighted by Gasteiger charge is -2.11. The van der Waals surface area contributed by atoms with Gasteiger partial charge in [0.05, 0.1) is 7.11 Å². The van der Waals surface area contributed by atoms with Gasteiger partial charge >= 0.3 is 0 Å². The normalized spacial score (nSPS) is 10.8. The van der Waals surface area contributed by atoms with Gasteiger partial charge in [-0.05, 0) is 48.9 Å². The molecule has 30 heavy (non-hydrogen) atoms. The van der Waals surface area contributed by atoms with E-state index in [2.05, 4.69) is 17.1 Å². The van der Waals surface area contributed by atoms with Crippen molar-refractivity contribution in [1.82, 2.24) is 4.98 Å². The molecule has 3 aromatic carbocycles. The third-order valence-corrected chi connectivity index (χ3v) is 4.92. The van der Waals surface area contributed by atoms with E-state index in [0.29, 0.717) is 29.4 Å². The molecule has 0 aliphatic rings. The van der Waals surface area contributed by atoms with Gasteiger partial charge in [-0.3, -0.25) is 0 Å². The minimum atomic E-state index is -0.878. The minimum absolute atomic E-state index is 0.465. The lowest BCUT2D eigenvalue weighted by atomic mass is 10.1. The molecule has 152 valence electrons. The second-order valence-corrected chi connectivity index (χ2v) is 7.07. The summed E-state index contributed by atoms with van der Waals surface area (Å²) in [6.45, 7) is 2.51. The van der Waals surface area contributed by atoms with E-state index in [1.807, 2.05) is 43.3 Å². The van der Waals surface area contributed by atoms with Crippen molar-refractivity contribution in [2.75, 3.05) is 7.11 Å². The summed E-state index contributed by atoms with van der Waals surface area (Å²) in [5, 5.41) is 0. The summed E-state index contributed by atoms with van der Waals surface area (Å²) in [7, 11) is 1.60. The molecule has 0 aliphatic heterocycles. The lowest BCUT2D eigenvalue weighted by Crippen LogP contribution is -1.96. The Kier molecular flexibility index (Phi) is 5.53. The first kappa shape index (κ1) is 19.7. The van der Waals surface area contributed by atoms with Gasteiger partial charge in [0.2, 0.25) is 0 Å². The Bertz CT molecular complexity index is 1170. The molecule has 1 N–H and O–H groups in total. The highest BCUT2D eigenvalue weighted by Gasteiger charge is 2.12. The van der Waals surface area contributed by atoms with Gasteiger partial charge in [0, 0.05) is 34.6 Å². The number of rotatable bonds is 6. The topological polar surface area (TPSA) is 34.2 Å². The number of ether oxygens (including phenoxy) is 2. The summed E-state index contributed by atoms with van der Waals surface area (Å²) in [5.41, 5.74) is 5.29. The zero-order valence-corrected chi connectivity index (χ0v) is 16.7. The van der Waals surface area contributed by atoms with Gasteiger partial charge in [0.25, 0.3) is 0 Å². The smallest absolute Gasteiger partial charge is 0.159 e. The van der Waals surface area contributed by atoms with E-state index in [-0.39, 0.29) is 0 Å². The molecule has 0 saturated carbocycles. The first-order valence-corrected chi connectivity index (χ1v) is 9.54. The fourth-order valence-corrected chi connectivity index (χ4v) is 3.23. The number of hydrogen-bond acceptors (Lipinski definition) is 2. The van der Waals surface area contributed by atoms with E-state index in [1.54, 1.807) is 13.3 Å². The maximum Gasteiger partial charge on any atom is 0.159 e. The van der Waals surface area contributed by atoms with Crippen LogP contribution in [0.3, 0.4) is 0 Å². The van der Waals surface area contributed by atoms with Crippen molar-refractivity contribution in [1.29, 1.82) is 0 Å². The Morgan fingerprint density at radius 1 is 0.833 bits per heavy atom. The minimum Gasteiger partial charge on any atom is -0.496 e. The van der Waals surface area contributed by atoms with Crippen molar-refractivity contribution in [3.63, 3.8) is 0 Å². The van der Waals surface area contributed by atoms with Crippen molar-refractivity contribution in [3.8, 4) is 33.9 Å². The molecule has 0 amide bonds. The molecule has 4 rings (SSSR count). The van der Waals surface area contributed by atoms with E-state index in [1.165, 1.54) is 17.7 Å². The maximum atomic E-state index is 13.5. The predicted molar refractivity (Wildman–Crippen MR) is 114 cm³/mol. The van der Waals surface area contributed by atoms with Gasteiger partial charge < -0.3 is 14.5 Å². The second-order valence-electron chi connectivity index (χ2n) is 7.07. The predicted octanol–water partition coefficient (Wildman–Crippen LogP) is 6.52. The number of benzene rings is 3. The first-order chi connectivity index (χ1) is 14.5. The molecule has 0 atom stereocenters. The molecular formula is C25H21F2NO2. The van der Waals surface area contributed by atoms with Crippen LogP contribution in [-0.2, 0) is 6.61 Å². The Balaban J connectivity index is 1.55. The van der Waals surface area contributed by atoms with Crippen LogP contribution in [0, 0.1) is 18.6 Å². The highest BCUT2D eigenvalue weighted by Crippen LogP contribution is 2.35. The van der Waals surface area contributed by atoms with Crippen LogP contribution in [0.2, 0.25) is 0 Å². The summed E-state index contributed by atoms with van der Waals surface area (Å²) in [6, 6.07) is 19.5. The molecule has 5 heteroatoms. The van der Waals surface area contributed by atoms with Crippen molar-refractivity contribution < 1.29 is 18.3 Å². The van der Waals surface area contributed by atoms with Crippen LogP contribution in [0.1, 0.15) is 11.1 Å². The van der Waals surface area contributed by atoms with E-state index in [9.17, 15) is 8.78 Å². The molecule has 0 aliphatic carbocycles. The van der Waals surface area contributed by atoms with Crippen LogP contribution >= 0.6 is 0 Å². The Morgan fingerprint density at radius 3 is 2.37 bits per heavy atom. The summed E-state index contributed by atoms with van der Waals surface area (Å²) >= 11 is 0. The molecular weight excluding hydrogens is 384 g/mol. The van der Waals surface area contributed by atoms with Gasteiger partial charge in [0.1, 0.15) is 18.1 Å². The average Bonchev–Trinajstić information content (AvgIpc) is 3.25. The van der Waals surface area contributed by atoms with Crippen molar-refractivity contribution in [3.05, 3.63) is 95.7 Å². The number of nitrogens with one attached hydrogen (secondary N) is 1. The quantitative estimate of drug-likeness (QED) is 0.396. The largest absolute Gasteiger partial charge is 0.496 e. The summed E-state index contributed by atoms with van der Waals surface area (Å²) in [6.07, 6.45) is 1.81. The van der Waals surface area contributed by atoms with Gasteiger partial charge in [-0.15, -0.1) is 0 Å². The van der Waals surface area contributed by atoms with Crippen molar-refractivity contribution in [2.24, 2.45) is 0 Å². The lowest BCUT2D eigenvalue weighted by molar-refractivity contribution is 0.304. The average molecular weight is 405 g/mol. The van der Waals surface area contributed by atoms with E-state index >= 15 is 0 Å². The third-order valence-electron chi connectivity index (χ3n) is 4.92. The summed E-state index contributed by atoms with van der Waals surface area (Å²) in [5.74, 6) is -0.385. The number of aromatic amines is 1. The second kappa shape index (κ2) is 8.41. The number of halogens is 2. The van der Waals surface area contributed by atoms with Crippen LogP contribution in [0.25, 0.3) is 22.4 Å². The number of hydrogen-bond donors (Lipinski definition) is 1. The van der Waals surface area contributed by atoms with Gasteiger partial charge in [-0.1, -0.05) is 29.8 Å². The third kappa shape index (κ3) is 4.20.